The number of benzene rings is 2. The first-order valence-electron chi connectivity index (χ1n) is 10.2. The maximum absolute atomic E-state index is 13.0. The monoisotopic (exact) mass is 396 g/mol. The fourth-order valence-corrected chi connectivity index (χ4v) is 3.61. The van der Waals surface area contributed by atoms with E-state index in [0.29, 0.717) is 44.0 Å². The number of anilines is 1. The Morgan fingerprint density at radius 1 is 1.00 bits per heavy atom. The van der Waals surface area contributed by atoms with Gasteiger partial charge in [0.25, 0.3) is 0 Å². The van der Waals surface area contributed by atoms with Crippen LogP contribution in [0, 0.1) is 17.7 Å². The van der Waals surface area contributed by atoms with Crippen molar-refractivity contribution in [1.29, 1.82) is 0 Å². The summed E-state index contributed by atoms with van der Waals surface area (Å²) in [7, 11) is 0. The van der Waals surface area contributed by atoms with Crippen molar-refractivity contribution in [3.05, 3.63) is 59.9 Å². The molecule has 0 unspecified atom stereocenters. The van der Waals surface area contributed by atoms with Gasteiger partial charge in [0.1, 0.15) is 18.2 Å². The smallest absolute Gasteiger partial charge is 0.227 e. The number of rotatable bonds is 6. The molecule has 1 saturated carbocycles. The number of amides is 2. The number of piperidine rings is 1. The quantitative estimate of drug-likeness (QED) is 0.803. The first-order valence-corrected chi connectivity index (χ1v) is 10.2. The van der Waals surface area contributed by atoms with Crippen LogP contribution < -0.4 is 10.1 Å². The Kier molecular flexibility index (Phi) is 5.79. The lowest BCUT2D eigenvalue weighted by molar-refractivity contribution is -0.135. The Labute approximate surface area is 169 Å². The molecule has 152 valence electrons. The molecule has 0 bridgehead atoms. The van der Waals surface area contributed by atoms with Gasteiger partial charge in [0, 0.05) is 36.7 Å². The molecule has 2 amide bonds. The number of hydrogen-bond donors (Lipinski definition) is 1. The van der Waals surface area contributed by atoms with E-state index in [2.05, 4.69) is 5.32 Å². The van der Waals surface area contributed by atoms with Crippen LogP contribution in [0.5, 0.6) is 5.75 Å². The Morgan fingerprint density at radius 2 is 1.72 bits per heavy atom. The molecule has 29 heavy (non-hydrogen) atoms. The van der Waals surface area contributed by atoms with E-state index in [-0.39, 0.29) is 29.5 Å². The lowest BCUT2D eigenvalue weighted by atomic mass is 9.95. The minimum Gasteiger partial charge on any atom is -0.489 e. The zero-order valence-corrected chi connectivity index (χ0v) is 16.3. The Balaban J connectivity index is 1.27. The summed E-state index contributed by atoms with van der Waals surface area (Å²) in [4.78, 5) is 26.7. The van der Waals surface area contributed by atoms with Crippen LogP contribution in [0.15, 0.2) is 48.5 Å². The summed E-state index contributed by atoms with van der Waals surface area (Å²) >= 11 is 0. The maximum Gasteiger partial charge on any atom is 0.227 e. The average Bonchev–Trinajstić information content (AvgIpc) is 3.59. The first kappa shape index (κ1) is 19.4. The van der Waals surface area contributed by atoms with Crippen LogP contribution in [0.3, 0.4) is 0 Å². The molecular weight excluding hydrogens is 371 g/mol. The van der Waals surface area contributed by atoms with Crippen molar-refractivity contribution >= 4 is 17.5 Å². The van der Waals surface area contributed by atoms with E-state index in [1.54, 1.807) is 18.2 Å². The third-order valence-corrected chi connectivity index (χ3v) is 5.52. The van der Waals surface area contributed by atoms with E-state index in [1.807, 2.05) is 23.1 Å². The van der Waals surface area contributed by atoms with Gasteiger partial charge < -0.3 is 15.0 Å². The third kappa shape index (κ3) is 5.13. The predicted molar refractivity (Wildman–Crippen MR) is 108 cm³/mol. The standard InChI is InChI=1S/C23H25FN2O3/c24-19-8-4-16(5-9-19)15-29-21-3-1-2-20(14-21)25-22(27)17-10-12-26(13-11-17)23(28)18-6-7-18/h1-5,8-9,14,17-18H,6-7,10-13,15H2,(H,25,27). The third-order valence-electron chi connectivity index (χ3n) is 5.52. The van der Waals surface area contributed by atoms with Crippen LogP contribution in [0.25, 0.3) is 0 Å². The van der Waals surface area contributed by atoms with Crippen molar-refractivity contribution < 1.29 is 18.7 Å². The van der Waals surface area contributed by atoms with Crippen LogP contribution in [-0.4, -0.2) is 29.8 Å². The molecule has 0 aromatic heterocycles. The van der Waals surface area contributed by atoms with Crippen LogP contribution in [0.4, 0.5) is 10.1 Å². The van der Waals surface area contributed by atoms with Crippen LogP contribution in [-0.2, 0) is 16.2 Å². The van der Waals surface area contributed by atoms with Gasteiger partial charge in [-0.3, -0.25) is 9.59 Å². The molecule has 2 aromatic rings. The fraction of sp³-hybridized carbons (Fsp3) is 0.391. The number of ether oxygens (including phenoxy) is 1. The minimum atomic E-state index is -0.277. The van der Waals surface area contributed by atoms with Gasteiger partial charge in [-0.15, -0.1) is 0 Å². The Morgan fingerprint density at radius 3 is 2.41 bits per heavy atom. The van der Waals surface area contributed by atoms with Gasteiger partial charge in [0.2, 0.25) is 11.8 Å². The van der Waals surface area contributed by atoms with Gasteiger partial charge in [0.05, 0.1) is 0 Å². The predicted octanol–water partition coefficient (Wildman–Crippen LogP) is 3.99. The molecule has 1 aliphatic carbocycles. The van der Waals surface area contributed by atoms with Crippen molar-refractivity contribution in [3.8, 4) is 5.75 Å². The second kappa shape index (κ2) is 8.64. The van der Waals surface area contributed by atoms with Gasteiger partial charge >= 0.3 is 0 Å². The number of hydrogen-bond acceptors (Lipinski definition) is 3. The number of nitrogens with zero attached hydrogens (tertiary/aromatic N) is 1. The molecule has 2 fully saturated rings. The van der Waals surface area contributed by atoms with E-state index < -0.39 is 0 Å². The summed E-state index contributed by atoms with van der Waals surface area (Å²) in [6.07, 6.45) is 3.42. The van der Waals surface area contributed by atoms with E-state index in [0.717, 1.165) is 18.4 Å². The van der Waals surface area contributed by atoms with Gasteiger partial charge in [-0.25, -0.2) is 4.39 Å². The van der Waals surface area contributed by atoms with Crippen molar-refractivity contribution in [2.45, 2.75) is 32.3 Å². The molecule has 1 heterocycles. The Bertz CT molecular complexity index is 872. The number of carbonyl (C=O) groups is 2. The first-order chi connectivity index (χ1) is 14.1. The summed E-state index contributed by atoms with van der Waals surface area (Å²) in [5.41, 5.74) is 1.55. The lowest BCUT2D eigenvalue weighted by Gasteiger charge is -2.31. The molecule has 0 spiro atoms. The van der Waals surface area contributed by atoms with E-state index in [9.17, 15) is 14.0 Å². The molecular formula is C23H25FN2O3. The number of likely N-dealkylation sites (tertiary alicyclic amines) is 1. The number of carbonyl (C=O) groups excluding carboxylic acids is 2. The summed E-state index contributed by atoms with van der Waals surface area (Å²) < 4.78 is 18.7. The minimum absolute atomic E-state index is 0.0146. The molecule has 0 radical (unpaired) electrons. The second-order valence-electron chi connectivity index (χ2n) is 7.81. The highest BCUT2D eigenvalue weighted by Crippen LogP contribution is 2.32. The SMILES string of the molecule is O=C(Nc1cccc(OCc2ccc(F)cc2)c1)C1CCN(C(=O)C2CC2)CC1. The van der Waals surface area contributed by atoms with E-state index in [4.69, 9.17) is 4.74 Å². The lowest BCUT2D eigenvalue weighted by Crippen LogP contribution is -2.42. The number of halogens is 1. The fourth-order valence-electron chi connectivity index (χ4n) is 3.61. The zero-order valence-electron chi connectivity index (χ0n) is 16.3. The molecule has 1 aliphatic heterocycles. The van der Waals surface area contributed by atoms with E-state index in [1.165, 1.54) is 12.1 Å². The zero-order chi connectivity index (χ0) is 20.2. The topological polar surface area (TPSA) is 58.6 Å². The molecule has 6 heteroatoms. The Hall–Kier alpha value is -2.89. The van der Waals surface area contributed by atoms with E-state index >= 15 is 0 Å². The van der Waals surface area contributed by atoms with Crippen molar-refractivity contribution in [2.24, 2.45) is 11.8 Å². The molecule has 1 N–H and O–H groups in total. The highest BCUT2D eigenvalue weighted by molar-refractivity contribution is 5.93. The summed E-state index contributed by atoms with van der Waals surface area (Å²) in [6, 6.07) is 13.4. The molecule has 0 atom stereocenters. The maximum atomic E-state index is 13.0. The summed E-state index contributed by atoms with van der Waals surface area (Å²) in [6.45, 7) is 1.65. The molecule has 2 aliphatic rings. The molecule has 1 saturated heterocycles. The highest BCUT2D eigenvalue weighted by atomic mass is 19.1. The number of nitrogens with one attached hydrogen (secondary N) is 1. The van der Waals surface area contributed by atoms with Crippen LogP contribution >= 0.6 is 0 Å². The van der Waals surface area contributed by atoms with Gasteiger partial charge in [-0.05, 0) is 55.5 Å². The summed E-state index contributed by atoms with van der Waals surface area (Å²) in [5, 5.41) is 2.96. The molecule has 4 rings (SSSR count). The van der Waals surface area contributed by atoms with Gasteiger partial charge in [-0.2, -0.15) is 0 Å². The van der Waals surface area contributed by atoms with Crippen molar-refractivity contribution in [2.75, 3.05) is 18.4 Å². The molecule has 2 aromatic carbocycles. The van der Waals surface area contributed by atoms with Gasteiger partial charge in [0.15, 0.2) is 0 Å². The molecule has 5 nitrogen and oxygen atoms in total. The second-order valence-corrected chi connectivity index (χ2v) is 7.81. The van der Waals surface area contributed by atoms with Gasteiger partial charge in [-0.1, -0.05) is 18.2 Å². The average molecular weight is 396 g/mol. The van der Waals surface area contributed by atoms with Crippen molar-refractivity contribution in [3.63, 3.8) is 0 Å². The normalized spacial score (nSPS) is 17.1. The van der Waals surface area contributed by atoms with Crippen molar-refractivity contribution in [1.82, 2.24) is 4.90 Å². The summed E-state index contributed by atoms with van der Waals surface area (Å²) in [5.74, 6) is 0.757. The highest BCUT2D eigenvalue weighted by Gasteiger charge is 2.35. The largest absolute Gasteiger partial charge is 0.489 e. The van der Waals surface area contributed by atoms with Crippen LogP contribution in [0.2, 0.25) is 0 Å². The van der Waals surface area contributed by atoms with Crippen LogP contribution in [0.1, 0.15) is 31.2 Å².